The van der Waals surface area contributed by atoms with Crippen molar-refractivity contribution in [3.8, 4) is 0 Å². The van der Waals surface area contributed by atoms with E-state index in [4.69, 9.17) is 0 Å². The van der Waals surface area contributed by atoms with Gasteiger partial charge in [0, 0.05) is 24.2 Å². The van der Waals surface area contributed by atoms with Crippen molar-refractivity contribution < 1.29 is 13.2 Å². The van der Waals surface area contributed by atoms with Crippen molar-refractivity contribution in [2.75, 3.05) is 23.5 Å². The van der Waals surface area contributed by atoms with Crippen LogP contribution in [0, 0.1) is 0 Å². The fourth-order valence-corrected chi connectivity index (χ4v) is 4.06. The number of sulfone groups is 1. The maximum absolute atomic E-state index is 11.2. The van der Waals surface area contributed by atoms with Gasteiger partial charge < -0.3 is 0 Å². The summed E-state index contributed by atoms with van der Waals surface area (Å²) in [5.74, 6) is 1.60. The molecule has 0 aliphatic heterocycles. The van der Waals surface area contributed by atoms with E-state index in [9.17, 15) is 13.2 Å². The molecule has 0 heterocycles. The number of unbranched alkanes of at least 4 members (excludes halogenated alkanes) is 1. The number of ketones is 1. The first-order chi connectivity index (χ1) is 7.45. The summed E-state index contributed by atoms with van der Waals surface area (Å²) in [5.41, 5.74) is 0. The lowest BCUT2D eigenvalue weighted by atomic mass is 10.2. The average molecular weight is 284 g/mol. The molecule has 0 aromatic rings. The standard InChI is InChI=1S/C10H20O3S3/c1-3-4-7-14-15-8-5-6-10(11)9-16(2,12)13/h3-9H2,1-2H3. The summed E-state index contributed by atoms with van der Waals surface area (Å²) >= 11 is 0. The summed E-state index contributed by atoms with van der Waals surface area (Å²) in [6.07, 6.45) is 4.69. The lowest BCUT2D eigenvalue weighted by Gasteiger charge is -2.00. The monoisotopic (exact) mass is 284 g/mol. The predicted molar refractivity (Wildman–Crippen MR) is 73.8 cm³/mol. The third kappa shape index (κ3) is 12.4. The molecule has 0 saturated carbocycles. The van der Waals surface area contributed by atoms with Crippen molar-refractivity contribution in [2.24, 2.45) is 0 Å². The lowest BCUT2D eigenvalue weighted by Crippen LogP contribution is -2.14. The molecule has 0 spiro atoms. The summed E-state index contributed by atoms with van der Waals surface area (Å²) in [4.78, 5) is 11.2. The quantitative estimate of drug-likeness (QED) is 0.456. The van der Waals surface area contributed by atoms with E-state index < -0.39 is 9.84 Å². The van der Waals surface area contributed by atoms with Crippen molar-refractivity contribution >= 4 is 37.2 Å². The molecular formula is C10H20O3S3. The zero-order chi connectivity index (χ0) is 12.4. The Hall–Kier alpha value is 0.320. The molecule has 0 aliphatic rings. The van der Waals surface area contributed by atoms with E-state index in [1.807, 2.05) is 10.8 Å². The van der Waals surface area contributed by atoms with Gasteiger partial charge in [-0.3, -0.25) is 4.79 Å². The fraction of sp³-hybridized carbons (Fsp3) is 0.900. The number of Topliss-reactive ketones (excluding diaryl/α,β-unsaturated/α-hetero) is 1. The molecule has 3 nitrogen and oxygen atoms in total. The molecule has 0 amide bonds. The van der Waals surface area contributed by atoms with E-state index in [1.54, 1.807) is 10.8 Å². The largest absolute Gasteiger partial charge is 0.299 e. The lowest BCUT2D eigenvalue weighted by molar-refractivity contribution is -0.116. The first-order valence-electron chi connectivity index (χ1n) is 5.39. The SMILES string of the molecule is CCCCSSCCCC(=O)CS(C)(=O)=O. The van der Waals surface area contributed by atoms with Crippen molar-refractivity contribution in [2.45, 2.75) is 32.6 Å². The molecule has 16 heavy (non-hydrogen) atoms. The number of carbonyl (C=O) groups excluding carboxylic acids is 1. The van der Waals surface area contributed by atoms with Crippen LogP contribution >= 0.6 is 21.6 Å². The molecule has 0 aromatic carbocycles. The van der Waals surface area contributed by atoms with Crippen molar-refractivity contribution in [3.63, 3.8) is 0 Å². The molecule has 0 atom stereocenters. The summed E-state index contributed by atoms with van der Waals surface area (Å²) in [5, 5.41) is 0. The predicted octanol–water partition coefficient (Wildman–Crippen LogP) is 2.56. The van der Waals surface area contributed by atoms with Crippen molar-refractivity contribution in [1.29, 1.82) is 0 Å². The Morgan fingerprint density at radius 1 is 1.12 bits per heavy atom. The van der Waals surface area contributed by atoms with Crippen LogP contribution in [0.3, 0.4) is 0 Å². The van der Waals surface area contributed by atoms with E-state index in [0.29, 0.717) is 6.42 Å². The summed E-state index contributed by atoms with van der Waals surface area (Å²) in [6, 6.07) is 0. The molecule has 96 valence electrons. The molecule has 0 unspecified atom stereocenters. The minimum Gasteiger partial charge on any atom is -0.299 e. The Bertz CT molecular complexity index is 286. The van der Waals surface area contributed by atoms with Crippen molar-refractivity contribution in [1.82, 2.24) is 0 Å². The van der Waals surface area contributed by atoms with Crippen LogP contribution in [0.4, 0.5) is 0 Å². The summed E-state index contributed by atoms with van der Waals surface area (Å²) < 4.78 is 21.6. The Morgan fingerprint density at radius 3 is 2.19 bits per heavy atom. The third-order valence-corrected chi connectivity index (χ3v) is 5.19. The molecule has 0 aliphatic carbocycles. The van der Waals surface area contributed by atoms with Gasteiger partial charge in [-0.1, -0.05) is 34.9 Å². The van der Waals surface area contributed by atoms with Gasteiger partial charge in [0.05, 0.1) is 0 Å². The molecule has 6 heteroatoms. The van der Waals surface area contributed by atoms with Gasteiger partial charge in [0.2, 0.25) is 0 Å². The first kappa shape index (κ1) is 16.3. The molecule has 0 bridgehead atoms. The van der Waals surface area contributed by atoms with Crippen LogP contribution in [0.15, 0.2) is 0 Å². The van der Waals surface area contributed by atoms with Gasteiger partial charge in [-0.15, -0.1) is 0 Å². The Morgan fingerprint density at radius 2 is 1.69 bits per heavy atom. The van der Waals surface area contributed by atoms with E-state index in [1.165, 1.54) is 12.8 Å². The Labute approximate surface area is 106 Å². The highest BCUT2D eigenvalue weighted by Gasteiger charge is 2.10. The summed E-state index contributed by atoms with van der Waals surface area (Å²) in [7, 11) is 0.458. The Kier molecular flexibility index (Phi) is 9.55. The number of hydrogen-bond acceptors (Lipinski definition) is 5. The highest BCUT2D eigenvalue weighted by molar-refractivity contribution is 8.76. The minimum absolute atomic E-state index is 0.165. The molecule has 0 radical (unpaired) electrons. The van der Waals surface area contributed by atoms with Gasteiger partial charge in [-0.25, -0.2) is 8.42 Å². The van der Waals surface area contributed by atoms with Gasteiger partial charge in [0.15, 0.2) is 9.84 Å². The van der Waals surface area contributed by atoms with Crippen molar-refractivity contribution in [3.05, 3.63) is 0 Å². The molecule has 0 saturated heterocycles. The summed E-state index contributed by atoms with van der Waals surface area (Å²) in [6.45, 7) is 2.16. The van der Waals surface area contributed by atoms with Gasteiger partial charge >= 0.3 is 0 Å². The molecular weight excluding hydrogens is 264 g/mol. The van der Waals surface area contributed by atoms with E-state index in [-0.39, 0.29) is 11.5 Å². The average Bonchev–Trinajstić information content (AvgIpc) is 2.13. The molecule has 0 aromatic heterocycles. The normalized spacial score (nSPS) is 11.6. The van der Waals surface area contributed by atoms with Crippen LogP contribution < -0.4 is 0 Å². The maximum atomic E-state index is 11.2. The van der Waals surface area contributed by atoms with Gasteiger partial charge in [-0.2, -0.15) is 0 Å². The number of carbonyl (C=O) groups is 1. The van der Waals surface area contributed by atoms with Crippen LogP contribution in [0.25, 0.3) is 0 Å². The zero-order valence-corrected chi connectivity index (χ0v) is 12.3. The Balaban J connectivity index is 3.35. The number of hydrogen-bond donors (Lipinski definition) is 0. The highest BCUT2D eigenvalue weighted by Crippen LogP contribution is 2.23. The first-order valence-corrected chi connectivity index (χ1v) is 9.94. The van der Waals surface area contributed by atoms with Gasteiger partial charge in [-0.05, 0) is 12.8 Å². The molecule has 0 N–H and O–H groups in total. The number of rotatable bonds is 10. The van der Waals surface area contributed by atoms with Crippen LogP contribution in [-0.4, -0.2) is 37.7 Å². The van der Waals surface area contributed by atoms with Gasteiger partial charge in [0.1, 0.15) is 11.5 Å². The van der Waals surface area contributed by atoms with Crippen LogP contribution in [-0.2, 0) is 14.6 Å². The fourth-order valence-electron chi connectivity index (χ4n) is 1.01. The topological polar surface area (TPSA) is 51.2 Å². The third-order valence-electron chi connectivity index (χ3n) is 1.77. The van der Waals surface area contributed by atoms with Crippen LogP contribution in [0.2, 0.25) is 0 Å². The molecule has 0 fully saturated rings. The zero-order valence-electron chi connectivity index (χ0n) is 9.90. The minimum atomic E-state index is -3.14. The van der Waals surface area contributed by atoms with Crippen LogP contribution in [0.1, 0.15) is 32.6 Å². The van der Waals surface area contributed by atoms with Crippen LogP contribution in [0.5, 0.6) is 0 Å². The maximum Gasteiger partial charge on any atom is 0.154 e. The second kappa shape index (κ2) is 9.36. The molecule has 0 rings (SSSR count). The second-order valence-corrected chi connectivity index (χ2v) is 8.55. The van der Waals surface area contributed by atoms with Gasteiger partial charge in [0.25, 0.3) is 0 Å². The van der Waals surface area contributed by atoms with E-state index in [2.05, 4.69) is 6.92 Å². The smallest absolute Gasteiger partial charge is 0.154 e. The second-order valence-electron chi connectivity index (χ2n) is 3.71. The highest BCUT2D eigenvalue weighted by atomic mass is 33.1. The van der Waals surface area contributed by atoms with E-state index >= 15 is 0 Å². The van der Waals surface area contributed by atoms with E-state index in [0.717, 1.165) is 24.2 Å².